The van der Waals surface area contributed by atoms with Gasteiger partial charge in [0.25, 0.3) is 0 Å². The van der Waals surface area contributed by atoms with Gasteiger partial charge in [-0.1, -0.05) is 42.5 Å². The summed E-state index contributed by atoms with van der Waals surface area (Å²) >= 11 is 0. The van der Waals surface area contributed by atoms with Gasteiger partial charge in [0.1, 0.15) is 5.75 Å². The molecule has 0 saturated carbocycles. The van der Waals surface area contributed by atoms with E-state index in [-0.39, 0.29) is 6.04 Å². The number of benzene rings is 2. The molecule has 0 amide bonds. The van der Waals surface area contributed by atoms with E-state index in [1.165, 1.54) is 11.1 Å². The summed E-state index contributed by atoms with van der Waals surface area (Å²) in [7, 11) is 0. The van der Waals surface area contributed by atoms with Gasteiger partial charge in [-0.3, -0.25) is 11.3 Å². The first-order valence-corrected chi connectivity index (χ1v) is 7.47. The van der Waals surface area contributed by atoms with Crippen molar-refractivity contribution in [1.82, 2.24) is 5.43 Å². The highest BCUT2D eigenvalue weighted by atomic mass is 16.5. The van der Waals surface area contributed by atoms with E-state index in [2.05, 4.69) is 48.7 Å². The van der Waals surface area contributed by atoms with Crippen molar-refractivity contribution in [1.29, 1.82) is 0 Å². The Labute approximate surface area is 127 Å². The zero-order valence-corrected chi connectivity index (χ0v) is 12.6. The lowest BCUT2D eigenvalue weighted by Gasteiger charge is -2.16. The second-order valence-electron chi connectivity index (χ2n) is 5.34. The summed E-state index contributed by atoms with van der Waals surface area (Å²) in [5.74, 6) is 6.56. The molecule has 0 aliphatic carbocycles. The molecule has 0 saturated heterocycles. The molecule has 0 radical (unpaired) electrons. The molecule has 21 heavy (non-hydrogen) atoms. The third kappa shape index (κ3) is 5.58. The zero-order valence-electron chi connectivity index (χ0n) is 12.6. The number of hydrogen-bond donors (Lipinski definition) is 2. The molecule has 2 rings (SSSR count). The van der Waals surface area contributed by atoms with E-state index in [1.807, 2.05) is 18.2 Å². The van der Waals surface area contributed by atoms with Crippen LogP contribution in [0.15, 0.2) is 54.6 Å². The van der Waals surface area contributed by atoms with Crippen LogP contribution >= 0.6 is 0 Å². The molecule has 0 aliphatic rings. The first kappa shape index (κ1) is 15.5. The van der Waals surface area contributed by atoms with Crippen molar-refractivity contribution in [2.45, 2.75) is 32.2 Å². The molecule has 0 aromatic heterocycles. The van der Waals surface area contributed by atoms with Crippen LogP contribution in [0, 0.1) is 6.92 Å². The number of aryl methyl sites for hydroxylation is 2. The summed E-state index contributed by atoms with van der Waals surface area (Å²) in [6, 6.07) is 18.9. The van der Waals surface area contributed by atoms with E-state index in [9.17, 15) is 0 Å². The zero-order chi connectivity index (χ0) is 14.9. The molecule has 0 bridgehead atoms. The van der Waals surface area contributed by atoms with Gasteiger partial charge in [0.15, 0.2) is 0 Å². The third-order valence-corrected chi connectivity index (χ3v) is 3.58. The largest absolute Gasteiger partial charge is 0.494 e. The SMILES string of the molecule is Cc1cccc(OCCC(CCc2ccccc2)NN)c1. The topological polar surface area (TPSA) is 47.3 Å². The normalized spacial score (nSPS) is 12.1. The van der Waals surface area contributed by atoms with E-state index < -0.39 is 0 Å². The lowest BCUT2D eigenvalue weighted by Crippen LogP contribution is -2.36. The quantitative estimate of drug-likeness (QED) is 0.578. The lowest BCUT2D eigenvalue weighted by molar-refractivity contribution is 0.281. The van der Waals surface area contributed by atoms with E-state index in [4.69, 9.17) is 10.6 Å². The van der Waals surface area contributed by atoms with Crippen molar-refractivity contribution in [2.75, 3.05) is 6.61 Å². The Morgan fingerprint density at radius 1 is 1.05 bits per heavy atom. The van der Waals surface area contributed by atoms with Gasteiger partial charge in [0.05, 0.1) is 6.61 Å². The van der Waals surface area contributed by atoms with Gasteiger partial charge in [-0.15, -0.1) is 0 Å². The minimum atomic E-state index is 0.273. The minimum absolute atomic E-state index is 0.273. The van der Waals surface area contributed by atoms with Gasteiger partial charge in [-0.05, 0) is 49.4 Å². The fourth-order valence-corrected chi connectivity index (χ4v) is 2.32. The van der Waals surface area contributed by atoms with E-state index in [1.54, 1.807) is 0 Å². The van der Waals surface area contributed by atoms with Crippen LogP contribution in [-0.2, 0) is 6.42 Å². The third-order valence-electron chi connectivity index (χ3n) is 3.58. The average Bonchev–Trinajstić information content (AvgIpc) is 2.52. The van der Waals surface area contributed by atoms with Crippen molar-refractivity contribution in [3.05, 3.63) is 65.7 Å². The predicted molar refractivity (Wildman–Crippen MR) is 87.2 cm³/mol. The van der Waals surface area contributed by atoms with Crippen molar-refractivity contribution >= 4 is 0 Å². The van der Waals surface area contributed by atoms with E-state index in [0.717, 1.165) is 25.0 Å². The van der Waals surface area contributed by atoms with Gasteiger partial charge >= 0.3 is 0 Å². The summed E-state index contributed by atoms with van der Waals surface area (Å²) in [6.07, 6.45) is 2.94. The summed E-state index contributed by atoms with van der Waals surface area (Å²) in [5.41, 5.74) is 5.45. The summed E-state index contributed by atoms with van der Waals surface area (Å²) in [4.78, 5) is 0. The summed E-state index contributed by atoms with van der Waals surface area (Å²) < 4.78 is 5.78. The lowest BCUT2D eigenvalue weighted by atomic mass is 10.0. The smallest absolute Gasteiger partial charge is 0.119 e. The molecule has 2 aromatic rings. The number of hydrogen-bond acceptors (Lipinski definition) is 3. The van der Waals surface area contributed by atoms with Crippen LogP contribution in [0.1, 0.15) is 24.0 Å². The molecule has 1 unspecified atom stereocenters. The number of rotatable bonds is 8. The summed E-state index contributed by atoms with van der Waals surface area (Å²) in [6.45, 7) is 2.74. The van der Waals surface area contributed by atoms with Crippen LogP contribution in [0.2, 0.25) is 0 Å². The highest BCUT2D eigenvalue weighted by Crippen LogP contribution is 2.13. The average molecular weight is 284 g/mol. The molecule has 112 valence electrons. The van der Waals surface area contributed by atoms with Gasteiger partial charge in [-0.25, -0.2) is 0 Å². The second-order valence-corrected chi connectivity index (χ2v) is 5.34. The first-order valence-electron chi connectivity index (χ1n) is 7.47. The Kier molecular flexibility index (Phi) is 6.25. The van der Waals surface area contributed by atoms with Crippen LogP contribution in [0.5, 0.6) is 5.75 Å². The minimum Gasteiger partial charge on any atom is -0.494 e. The molecular weight excluding hydrogens is 260 g/mol. The van der Waals surface area contributed by atoms with Crippen LogP contribution in [-0.4, -0.2) is 12.6 Å². The Hall–Kier alpha value is -1.84. The molecule has 3 heteroatoms. The van der Waals surface area contributed by atoms with E-state index in [0.29, 0.717) is 6.61 Å². The Morgan fingerprint density at radius 3 is 2.57 bits per heavy atom. The van der Waals surface area contributed by atoms with Crippen LogP contribution < -0.4 is 16.0 Å². The molecule has 0 fully saturated rings. The van der Waals surface area contributed by atoms with Crippen molar-refractivity contribution in [3.8, 4) is 5.75 Å². The standard InChI is InChI=1S/C18H24N2O/c1-15-6-5-9-18(14-15)21-13-12-17(20-19)11-10-16-7-3-2-4-8-16/h2-9,14,17,20H,10-13,19H2,1H3. The van der Waals surface area contributed by atoms with Crippen molar-refractivity contribution in [3.63, 3.8) is 0 Å². The fraction of sp³-hybridized carbons (Fsp3) is 0.333. The molecule has 3 N–H and O–H groups in total. The maximum Gasteiger partial charge on any atom is 0.119 e. The Bertz CT molecular complexity index is 528. The molecule has 1 atom stereocenters. The highest BCUT2D eigenvalue weighted by molar-refractivity contribution is 5.27. The maximum absolute atomic E-state index is 5.78. The first-order chi connectivity index (χ1) is 10.3. The highest BCUT2D eigenvalue weighted by Gasteiger charge is 2.07. The molecular formula is C18H24N2O. The van der Waals surface area contributed by atoms with Gasteiger partial charge < -0.3 is 4.74 Å². The van der Waals surface area contributed by atoms with Crippen molar-refractivity contribution in [2.24, 2.45) is 5.84 Å². The van der Waals surface area contributed by atoms with Crippen molar-refractivity contribution < 1.29 is 4.74 Å². The molecule has 0 spiro atoms. The monoisotopic (exact) mass is 284 g/mol. The molecule has 3 nitrogen and oxygen atoms in total. The van der Waals surface area contributed by atoms with Gasteiger partial charge in [0, 0.05) is 6.04 Å². The molecule has 2 aromatic carbocycles. The predicted octanol–water partition coefficient (Wildman–Crippen LogP) is 3.23. The van der Waals surface area contributed by atoms with Crippen LogP contribution in [0.25, 0.3) is 0 Å². The number of nitrogens with one attached hydrogen (secondary N) is 1. The van der Waals surface area contributed by atoms with Gasteiger partial charge in [0.2, 0.25) is 0 Å². The fourth-order valence-electron chi connectivity index (χ4n) is 2.32. The van der Waals surface area contributed by atoms with Crippen LogP contribution in [0.3, 0.4) is 0 Å². The van der Waals surface area contributed by atoms with Gasteiger partial charge in [-0.2, -0.15) is 0 Å². The Balaban J connectivity index is 1.72. The molecule has 0 aliphatic heterocycles. The Morgan fingerprint density at radius 2 is 1.86 bits per heavy atom. The molecule has 0 heterocycles. The number of hydrazine groups is 1. The number of nitrogens with two attached hydrogens (primary N) is 1. The van der Waals surface area contributed by atoms with E-state index >= 15 is 0 Å². The van der Waals surface area contributed by atoms with Crippen LogP contribution in [0.4, 0.5) is 0 Å². The maximum atomic E-state index is 5.78. The number of ether oxygens (including phenoxy) is 1. The summed E-state index contributed by atoms with van der Waals surface area (Å²) in [5, 5.41) is 0. The second kappa shape index (κ2) is 8.45.